The lowest BCUT2D eigenvalue weighted by Gasteiger charge is -2.30. The van der Waals surface area contributed by atoms with Gasteiger partial charge in [-0.15, -0.1) is 0 Å². The van der Waals surface area contributed by atoms with Crippen LogP contribution < -0.4 is 5.56 Å². The monoisotopic (exact) mass is 411 g/mol. The van der Waals surface area contributed by atoms with Crippen molar-refractivity contribution in [2.75, 3.05) is 12.4 Å². The van der Waals surface area contributed by atoms with Crippen LogP contribution in [0.1, 0.15) is 43.7 Å². The summed E-state index contributed by atoms with van der Waals surface area (Å²) in [6.07, 6.45) is 3.63. The van der Waals surface area contributed by atoms with Crippen LogP contribution in [0.5, 0.6) is 0 Å². The number of ether oxygens (including phenoxy) is 1. The van der Waals surface area contributed by atoms with Crippen LogP contribution in [0.15, 0.2) is 57.9 Å². The molecule has 7 heteroatoms. The molecule has 2 atom stereocenters. The Morgan fingerprint density at radius 2 is 2.10 bits per heavy atom. The molecule has 1 aliphatic rings. The minimum atomic E-state index is -0.689. The quantitative estimate of drug-likeness (QED) is 0.231. The number of aromatic nitrogens is 2. The van der Waals surface area contributed by atoms with Crippen molar-refractivity contribution in [3.05, 3.63) is 64.5 Å². The van der Waals surface area contributed by atoms with Gasteiger partial charge >= 0.3 is 5.97 Å². The summed E-state index contributed by atoms with van der Waals surface area (Å²) in [7, 11) is 0. The van der Waals surface area contributed by atoms with E-state index in [-0.39, 0.29) is 12.2 Å². The van der Waals surface area contributed by atoms with Gasteiger partial charge in [-0.3, -0.25) is 9.59 Å². The Bertz CT molecular complexity index is 969. The van der Waals surface area contributed by atoms with Crippen molar-refractivity contribution in [2.24, 2.45) is 10.9 Å². The number of thioether (sulfide) groups is 1. The van der Waals surface area contributed by atoms with Crippen LogP contribution in [0.4, 0.5) is 5.82 Å². The van der Waals surface area contributed by atoms with Gasteiger partial charge in [0.25, 0.3) is 5.56 Å². The maximum atomic E-state index is 13.0. The third-order valence-corrected chi connectivity index (χ3v) is 5.74. The SMILES string of the molecule is C=CCOC(=O)C1C(C)=Nc2nc(SCCCC)[nH]c(=O)c2C1c1ccccc1. The van der Waals surface area contributed by atoms with E-state index < -0.39 is 17.8 Å². The summed E-state index contributed by atoms with van der Waals surface area (Å²) >= 11 is 1.51. The number of benzene rings is 1. The largest absolute Gasteiger partial charge is 0.461 e. The lowest BCUT2D eigenvalue weighted by Crippen LogP contribution is -2.37. The fourth-order valence-electron chi connectivity index (χ4n) is 3.40. The number of carbonyl (C=O) groups excluding carboxylic acids is 1. The topological polar surface area (TPSA) is 84.4 Å². The highest BCUT2D eigenvalue weighted by atomic mass is 32.2. The smallest absolute Gasteiger partial charge is 0.315 e. The molecule has 0 spiro atoms. The molecule has 2 unspecified atom stereocenters. The molecule has 1 aromatic carbocycles. The van der Waals surface area contributed by atoms with Crippen molar-refractivity contribution >= 4 is 29.3 Å². The Kier molecular flexibility index (Phi) is 7.04. The first-order valence-electron chi connectivity index (χ1n) is 9.71. The highest BCUT2D eigenvalue weighted by Gasteiger charge is 2.41. The zero-order valence-corrected chi connectivity index (χ0v) is 17.5. The lowest BCUT2D eigenvalue weighted by molar-refractivity contribution is -0.145. The summed E-state index contributed by atoms with van der Waals surface area (Å²) in [5, 5.41) is 0.554. The number of esters is 1. The molecule has 152 valence electrons. The first-order valence-corrected chi connectivity index (χ1v) is 10.7. The van der Waals surface area contributed by atoms with Crippen molar-refractivity contribution in [1.82, 2.24) is 9.97 Å². The number of H-pyrrole nitrogens is 1. The lowest BCUT2D eigenvalue weighted by atomic mass is 9.77. The number of nitrogens with zero attached hydrogens (tertiary/aromatic N) is 2. The first-order chi connectivity index (χ1) is 14.1. The van der Waals surface area contributed by atoms with Crippen LogP contribution in [-0.4, -0.2) is 34.0 Å². The number of hydrogen-bond donors (Lipinski definition) is 1. The zero-order valence-electron chi connectivity index (χ0n) is 16.7. The molecule has 0 bridgehead atoms. The van der Waals surface area contributed by atoms with E-state index in [4.69, 9.17) is 4.74 Å². The molecule has 0 saturated carbocycles. The summed E-state index contributed by atoms with van der Waals surface area (Å²) < 4.78 is 5.32. The minimum Gasteiger partial charge on any atom is -0.461 e. The van der Waals surface area contributed by atoms with Gasteiger partial charge in [0, 0.05) is 17.4 Å². The number of carbonyl (C=O) groups is 1. The Morgan fingerprint density at radius 1 is 1.34 bits per heavy atom. The molecule has 0 saturated heterocycles. The van der Waals surface area contributed by atoms with E-state index in [0.717, 1.165) is 24.2 Å². The molecule has 1 aliphatic heterocycles. The second-order valence-corrected chi connectivity index (χ2v) is 7.93. The second kappa shape index (κ2) is 9.69. The number of rotatable bonds is 8. The Morgan fingerprint density at radius 3 is 2.79 bits per heavy atom. The van der Waals surface area contributed by atoms with Gasteiger partial charge in [0.15, 0.2) is 11.0 Å². The summed E-state index contributed by atoms with van der Waals surface area (Å²) in [5.41, 5.74) is 1.58. The van der Waals surface area contributed by atoms with E-state index in [2.05, 4.69) is 28.5 Å². The molecule has 2 aromatic rings. The van der Waals surface area contributed by atoms with Crippen LogP contribution in [0, 0.1) is 5.92 Å². The fraction of sp³-hybridized carbons (Fsp3) is 0.364. The zero-order chi connectivity index (χ0) is 20.8. The number of aromatic amines is 1. The van der Waals surface area contributed by atoms with Gasteiger partial charge in [-0.1, -0.05) is 68.1 Å². The average molecular weight is 412 g/mol. The van der Waals surface area contributed by atoms with E-state index >= 15 is 0 Å². The van der Waals surface area contributed by atoms with Crippen molar-refractivity contribution in [1.29, 1.82) is 0 Å². The van der Waals surface area contributed by atoms with Gasteiger partial charge in [0.2, 0.25) is 0 Å². The fourth-order valence-corrected chi connectivity index (χ4v) is 4.34. The Balaban J connectivity index is 2.09. The molecule has 1 aromatic heterocycles. The summed E-state index contributed by atoms with van der Waals surface area (Å²) in [6.45, 7) is 7.60. The predicted molar refractivity (Wildman–Crippen MR) is 116 cm³/mol. The predicted octanol–water partition coefficient (Wildman–Crippen LogP) is 4.25. The molecule has 0 fully saturated rings. The van der Waals surface area contributed by atoms with E-state index in [0.29, 0.717) is 22.2 Å². The van der Waals surface area contributed by atoms with Crippen molar-refractivity contribution in [3.63, 3.8) is 0 Å². The van der Waals surface area contributed by atoms with Crippen molar-refractivity contribution in [2.45, 2.75) is 37.8 Å². The second-order valence-electron chi connectivity index (χ2n) is 6.85. The molecule has 29 heavy (non-hydrogen) atoms. The maximum Gasteiger partial charge on any atom is 0.315 e. The van der Waals surface area contributed by atoms with Gasteiger partial charge in [-0.05, 0) is 18.9 Å². The number of fused-ring (bicyclic) bond motifs is 1. The van der Waals surface area contributed by atoms with Gasteiger partial charge in [0.1, 0.15) is 12.5 Å². The highest BCUT2D eigenvalue weighted by Crippen LogP contribution is 2.40. The molecule has 3 rings (SSSR count). The van der Waals surface area contributed by atoms with Crippen LogP contribution in [0.3, 0.4) is 0 Å². The van der Waals surface area contributed by atoms with E-state index in [1.807, 2.05) is 30.3 Å². The number of unbranched alkanes of at least 4 members (excludes halogenated alkanes) is 1. The molecule has 0 radical (unpaired) electrons. The molecule has 0 aliphatic carbocycles. The Labute approximate surface area is 174 Å². The highest BCUT2D eigenvalue weighted by molar-refractivity contribution is 7.99. The number of aliphatic imine (C=N–C) groups is 1. The summed E-state index contributed by atoms with van der Waals surface area (Å²) in [5.74, 6) is -0.365. The van der Waals surface area contributed by atoms with Crippen LogP contribution in [0.2, 0.25) is 0 Å². The van der Waals surface area contributed by atoms with Gasteiger partial charge in [-0.25, -0.2) is 9.98 Å². The third-order valence-electron chi connectivity index (χ3n) is 4.78. The molecule has 0 amide bonds. The maximum absolute atomic E-state index is 13.0. The average Bonchev–Trinajstić information content (AvgIpc) is 2.71. The first kappa shape index (κ1) is 21.0. The van der Waals surface area contributed by atoms with E-state index in [9.17, 15) is 9.59 Å². The van der Waals surface area contributed by atoms with Crippen LogP contribution in [0.25, 0.3) is 0 Å². The van der Waals surface area contributed by atoms with E-state index in [1.54, 1.807) is 6.92 Å². The third kappa shape index (κ3) is 4.67. The Hall–Kier alpha value is -2.67. The molecule has 2 heterocycles. The standard InChI is InChI=1S/C22H25N3O3S/c1-4-6-13-29-22-24-19-18(20(26)25-22)17(15-10-8-7-9-11-15)16(14(3)23-19)21(27)28-12-5-2/h5,7-11,16-17H,2,4,6,12-13H2,1,3H3,(H,24,25,26). The van der Waals surface area contributed by atoms with Crippen molar-refractivity contribution < 1.29 is 9.53 Å². The van der Waals surface area contributed by atoms with Crippen LogP contribution in [-0.2, 0) is 9.53 Å². The molecule has 6 nitrogen and oxygen atoms in total. The number of hydrogen-bond acceptors (Lipinski definition) is 6. The molecular weight excluding hydrogens is 386 g/mol. The number of nitrogens with one attached hydrogen (secondary N) is 1. The van der Waals surface area contributed by atoms with Gasteiger partial charge < -0.3 is 9.72 Å². The van der Waals surface area contributed by atoms with Gasteiger partial charge in [0.05, 0.1) is 5.56 Å². The van der Waals surface area contributed by atoms with Gasteiger partial charge in [-0.2, -0.15) is 0 Å². The van der Waals surface area contributed by atoms with Crippen molar-refractivity contribution in [3.8, 4) is 0 Å². The minimum absolute atomic E-state index is 0.110. The summed E-state index contributed by atoms with van der Waals surface area (Å²) in [4.78, 5) is 37.8. The summed E-state index contributed by atoms with van der Waals surface area (Å²) in [6, 6.07) is 9.49. The molecular formula is C22H25N3O3S. The van der Waals surface area contributed by atoms with E-state index in [1.165, 1.54) is 17.8 Å². The normalized spacial score (nSPS) is 17.9. The van der Waals surface area contributed by atoms with Crippen LogP contribution >= 0.6 is 11.8 Å². The molecule has 1 N–H and O–H groups in total.